The summed E-state index contributed by atoms with van der Waals surface area (Å²) in [7, 11) is 0. The second-order valence-electron chi connectivity index (χ2n) is 7.32. The van der Waals surface area contributed by atoms with Crippen molar-refractivity contribution >= 4 is 6.03 Å². The van der Waals surface area contributed by atoms with Crippen LogP contribution in [0.2, 0.25) is 0 Å². The Bertz CT molecular complexity index is 757. The zero-order valence-electron chi connectivity index (χ0n) is 15.9. The molecular formula is C22H28FN3O. The number of piperidine rings is 1. The molecule has 0 spiro atoms. The summed E-state index contributed by atoms with van der Waals surface area (Å²) in [5.74, 6) is -0.241. The van der Waals surface area contributed by atoms with E-state index in [1.807, 2.05) is 6.07 Å². The monoisotopic (exact) mass is 369 g/mol. The number of likely N-dealkylation sites (tertiary alicyclic amines) is 1. The van der Waals surface area contributed by atoms with Crippen LogP contribution in [0.1, 0.15) is 29.5 Å². The first-order valence-electron chi connectivity index (χ1n) is 9.65. The molecule has 1 fully saturated rings. The number of hydrogen-bond acceptors (Lipinski definition) is 2. The first-order chi connectivity index (χ1) is 13.1. The Hall–Kier alpha value is -2.40. The summed E-state index contributed by atoms with van der Waals surface area (Å²) in [5.41, 5.74) is 3.52. The van der Waals surface area contributed by atoms with Crippen LogP contribution in [0.5, 0.6) is 0 Å². The van der Waals surface area contributed by atoms with Gasteiger partial charge in [0.05, 0.1) is 0 Å². The molecule has 0 atom stereocenters. The van der Waals surface area contributed by atoms with Crippen LogP contribution in [0.25, 0.3) is 0 Å². The molecule has 1 heterocycles. The Kier molecular flexibility index (Phi) is 6.82. The maximum absolute atomic E-state index is 13.1. The lowest BCUT2D eigenvalue weighted by Crippen LogP contribution is -2.48. The number of carbonyl (C=O) groups is 1. The van der Waals surface area contributed by atoms with E-state index in [1.165, 1.54) is 23.3 Å². The number of nitrogens with zero attached hydrogens (tertiary/aromatic N) is 1. The molecule has 0 radical (unpaired) electrons. The van der Waals surface area contributed by atoms with E-state index in [9.17, 15) is 9.18 Å². The van der Waals surface area contributed by atoms with Crippen molar-refractivity contribution in [2.24, 2.45) is 0 Å². The summed E-state index contributed by atoms with van der Waals surface area (Å²) in [6, 6.07) is 15.2. The van der Waals surface area contributed by atoms with Crippen molar-refractivity contribution in [1.29, 1.82) is 0 Å². The highest BCUT2D eigenvalue weighted by molar-refractivity contribution is 5.74. The normalized spacial score (nSPS) is 15.5. The van der Waals surface area contributed by atoms with Gasteiger partial charge in [-0.3, -0.25) is 4.90 Å². The molecule has 2 aromatic rings. The molecule has 3 rings (SSSR count). The van der Waals surface area contributed by atoms with Crippen LogP contribution in [0.4, 0.5) is 9.18 Å². The lowest BCUT2D eigenvalue weighted by molar-refractivity contribution is 0.186. The number of carbonyl (C=O) groups excluding carboxylic acids is 1. The van der Waals surface area contributed by atoms with E-state index in [0.29, 0.717) is 13.0 Å². The zero-order chi connectivity index (χ0) is 19.1. The minimum absolute atomic E-state index is 0.136. The van der Waals surface area contributed by atoms with E-state index in [2.05, 4.69) is 46.7 Å². The van der Waals surface area contributed by atoms with Crippen molar-refractivity contribution in [1.82, 2.24) is 15.5 Å². The Morgan fingerprint density at radius 3 is 2.59 bits per heavy atom. The number of halogens is 1. The van der Waals surface area contributed by atoms with E-state index in [1.54, 1.807) is 6.07 Å². The number of benzene rings is 2. The fourth-order valence-electron chi connectivity index (χ4n) is 3.55. The van der Waals surface area contributed by atoms with Gasteiger partial charge in [-0.1, -0.05) is 42.0 Å². The van der Waals surface area contributed by atoms with Crippen molar-refractivity contribution in [2.75, 3.05) is 19.6 Å². The van der Waals surface area contributed by atoms with Crippen molar-refractivity contribution < 1.29 is 9.18 Å². The second-order valence-corrected chi connectivity index (χ2v) is 7.32. The van der Waals surface area contributed by atoms with Gasteiger partial charge in [0.2, 0.25) is 0 Å². The molecule has 0 bridgehead atoms. The summed E-state index contributed by atoms with van der Waals surface area (Å²) in [6.07, 6.45) is 2.55. The molecule has 1 aliphatic heterocycles. The summed E-state index contributed by atoms with van der Waals surface area (Å²) in [5, 5.41) is 5.93. The van der Waals surface area contributed by atoms with Gasteiger partial charge in [0.15, 0.2) is 0 Å². The summed E-state index contributed by atoms with van der Waals surface area (Å²) >= 11 is 0. The quantitative estimate of drug-likeness (QED) is 0.816. The number of nitrogens with one attached hydrogen (secondary N) is 2. The van der Waals surface area contributed by atoms with Crippen LogP contribution in [-0.2, 0) is 13.0 Å². The molecule has 4 nitrogen and oxygen atoms in total. The minimum Gasteiger partial charge on any atom is -0.338 e. The van der Waals surface area contributed by atoms with Crippen LogP contribution in [0.15, 0.2) is 48.5 Å². The topological polar surface area (TPSA) is 44.4 Å². The number of amides is 2. The molecule has 2 N–H and O–H groups in total. The highest BCUT2D eigenvalue weighted by atomic mass is 19.1. The van der Waals surface area contributed by atoms with E-state index >= 15 is 0 Å². The van der Waals surface area contributed by atoms with Gasteiger partial charge in [0, 0.05) is 32.2 Å². The first-order valence-corrected chi connectivity index (χ1v) is 9.65. The molecule has 2 amide bonds. The Labute approximate surface area is 160 Å². The van der Waals surface area contributed by atoms with Crippen molar-refractivity contribution in [3.05, 3.63) is 71.0 Å². The predicted molar refractivity (Wildman–Crippen MR) is 106 cm³/mol. The molecule has 27 heavy (non-hydrogen) atoms. The van der Waals surface area contributed by atoms with Gasteiger partial charge in [-0.2, -0.15) is 0 Å². The van der Waals surface area contributed by atoms with Crippen LogP contribution in [-0.4, -0.2) is 36.6 Å². The summed E-state index contributed by atoms with van der Waals surface area (Å²) in [4.78, 5) is 14.5. The average Bonchev–Trinajstić information content (AvgIpc) is 2.63. The average molecular weight is 369 g/mol. The van der Waals surface area contributed by atoms with Crippen molar-refractivity contribution in [3.8, 4) is 0 Å². The van der Waals surface area contributed by atoms with Gasteiger partial charge in [-0.05, 0) is 49.4 Å². The zero-order valence-corrected chi connectivity index (χ0v) is 15.9. The minimum atomic E-state index is -0.241. The van der Waals surface area contributed by atoms with Crippen molar-refractivity contribution in [3.63, 3.8) is 0 Å². The third-order valence-electron chi connectivity index (χ3n) is 5.00. The van der Waals surface area contributed by atoms with E-state index in [-0.39, 0.29) is 17.9 Å². The number of aryl methyl sites for hydroxylation is 1. The maximum Gasteiger partial charge on any atom is 0.315 e. The maximum atomic E-state index is 13.1. The summed E-state index contributed by atoms with van der Waals surface area (Å²) in [6.45, 7) is 5.56. The molecule has 0 aliphatic carbocycles. The van der Waals surface area contributed by atoms with E-state index in [0.717, 1.165) is 38.0 Å². The third kappa shape index (κ3) is 6.36. The predicted octanol–water partition coefficient (Wildman–Crippen LogP) is 3.64. The van der Waals surface area contributed by atoms with Crippen LogP contribution in [0.3, 0.4) is 0 Å². The Balaban J connectivity index is 1.34. The van der Waals surface area contributed by atoms with Gasteiger partial charge >= 0.3 is 6.03 Å². The molecule has 0 aromatic heterocycles. The van der Waals surface area contributed by atoms with Gasteiger partial charge in [0.1, 0.15) is 5.82 Å². The summed E-state index contributed by atoms with van der Waals surface area (Å²) < 4.78 is 13.1. The lowest BCUT2D eigenvalue weighted by atomic mass is 10.0. The van der Waals surface area contributed by atoms with Crippen LogP contribution < -0.4 is 10.6 Å². The lowest BCUT2D eigenvalue weighted by Gasteiger charge is -2.32. The van der Waals surface area contributed by atoms with Crippen LogP contribution >= 0.6 is 0 Å². The number of hydrogen-bond donors (Lipinski definition) is 2. The standard InChI is InChI=1S/C22H28FN3O/c1-17-4-2-6-19(14-17)16-26-12-9-21(10-13-26)25-22(27)24-11-8-18-5-3-7-20(23)15-18/h2-7,14-15,21H,8-13,16H2,1H3,(H2,24,25,27). The highest BCUT2D eigenvalue weighted by Gasteiger charge is 2.20. The Morgan fingerprint density at radius 1 is 1.11 bits per heavy atom. The van der Waals surface area contributed by atoms with Gasteiger partial charge in [-0.25, -0.2) is 9.18 Å². The van der Waals surface area contributed by atoms with Crippen LogP contribution in [0, 0.1) is 12.7 Å². The largest absolute Gasteiger partial charge is 0.338 e. The molecule has 5 heteroatoms. The fraction of sp³-hybridized carbons (Fsp3) is 0.409. The fourth-order valence-corrected chi connectivity index (χ4v) is 3.55. The van der Waals surface area contributed by atoms with E-state index < -0.39 is 0 Å². The molecule has 0 unspecified atom stereocenters. The Morgan fingerprint density at radius 2 is 1.85 bits per heavy atom. The number of rotatable bonds is 6. The second kappa shape index (κ2) is 9.51. The first kappa shape index (κ1) is 19.4. The molecule has 1 saturated heterocycles. The molecule has 144 valence electrons. The molecular weight excluding hydrogens is 341 g/mol. The number of urea groups is 1. The molecule has 1 aliphatic rings. The smallest absolute Gasteiger partial charge is 0.315 e. The van der Waals surface area contributed by atoms with Gasteiger partial charge < -0.3 is 10.6 Å². The molecule has 2 aromatic carbocycles. The molecule has 0 saturated carbocycles. The van der Waals surface area contributed by atoms with Crippen molar-refractivity contribution in [2.45, 2.75) is 38.8 Å². The van der Waals surface area contributed by atoms with Gasteiger partial charge in [-0.15, -0.1) is 0 Å². The van der Waals surface area contributed by atoms with E-state index in [4.69, 9.17) is 0 Å². The SMILES string of the molecule is Cc1cccc(CN2CCC(NC(=O)NCCc3cccc(F)c3)CC2)c1. The van der Waals surface area contributed by atoms with Gasteiger partial charge in [0.25, 0.3) is 0 Å². The third-order valence-corrected chi connectivity index (χ3v) is 5.00. The highest BCUT2D eigenvalue weighted by Crippen LogP contribution is 2.14.